The summed E-state index contributed by atoms with van der Waals surface area (Å²) in [5, 5.41) is 2.69. The number of nitrogens with one attached hydrogen (secondary N) is 1. The second kappa shape index (κ2) is 6.33. The first-order valence-electron chi connectivity index (χ1n) is 5.58. The molecular formula is C14H11F2NOS. The van der Waals surface area contributed by atoms with Crippen LogP contribution in [0.1, 0.15) is 0 Å². The molecule has 2 rings (SSSR count). The molecule has 0 aromatic heterocycles. The van der Waals surface area contributed by atoms with E-state index in [1.165, 1.54) is 12.1 Å². The Morgan fingerprint density at radius 2 is 1.84 bits per heavy atom. The van der Waals surface area contributed by atoms with Gasteiger partial charge in [-0.05, 0) is 24.3 Å². The SMILES string of the molecule is O=C(CSc1ccc(F)cc1F)Nc1ccccc1. The molecule has 0 saturated carbocycles. The number of thioether (sulfide) groups is 1. The Morgan fingerprint density at radius 3 is 2.53 bits per heavy atom. The zero-order valence-corrected chi connectivity index (χ0v) is 10.7. The van der Waals surface area contributed by atoms with E-state index < -0.39 is 11.6 Å². The maximum Gasteiger partial charge on any atom is 0.234 e. The lowest BCUT2D eigenvalue weighted by Gasteiger charge is -2.05. The molecule has 0 bridgehead atoms. The van der Waals surface area contributed by atoms with Crippen molar-refractivity contribution >= 4 is 23.4 Å². The highest BCUT2D eigenvalue weighted by Crippen LogP contribution is 2.22. The summed E-state index contributed by atoms with van der Waals surface area (Å²) in [5.41, 5.74) is 0.688. The summed E-state index contributed by atoms with van der Waals surface area (Å²) in [4.78, 5) is 11.9. The van der Waals surface area contributed by atoms with Crippen LogP contribution >= 0.6 is 11.8 Å². The minimum Gasteiger partial charge on any atom is -0.325 e. The van der Waals surface area contributed by atoms with Crippen molar-refractivity contribution in [2.45, 2.75) is 4.90 Å². The number of rotatable bonds is 4. The molecular weight excluding hydrogens is 268 g/mol. The van der Waals surface area contributed by atoms with Crippen molar-refractivity contribution < 1.29 is 13.6 Å². The number of benzene rings is 2. The van der Waals surface area contributed by atoms with Crippen LogP contribution in [0.25, 0.3) is 0 Å². The number of carbonyl (C=O) groups excluding carboxylic acids is 1. The molecule has 0 aliphatic rings. The highest BCUT2D eigenvalue weighted by Gasteiger charge is 2.08. The van der Waals surface area contributed by atoms with Gasteiger partial charge in [-0.25, -0.2) is 8.78 Å². The molecule has 0 spiro atoms. The van der Waals surface area contributed by atoms with Crippen LogP contribution in [0.5, 0.6) is 0 Å². The van der Waals surface area contributed by atoms with Gasteiger partial charge in [0.25, 0.3) is 0 Å². The van der Waals surface area contributed by atoms with Crippen molar-refractivity contribution in [3.05, 3.63) is 60.2 Å². The number of hydrogen-bond acceptors (Lipinski definition) is 2. The molecule has 5 heteroatoms. The van der Waals surface area contributed by atoms with Crippen LogP contribution < -0.4 is 5.32 Å². The normalized spacial score (nSPS) is 10.2. The molecule has 2 aromatic carbocycles. The zero-order chi connectivity index (χ0) is 13.7. The summed E-state index contributed by atoms with van der Waals surface area (Å²) < 4.78 is 26.0. The fourth-order valence-electron chi connectivity index (χ4n) is 1.45. The van der Waals surface area contributed by atoms with E-state index in [9.17, 15) is 13.6 Å². The highest BCUT2D eigenvalue weighted by molar-refractivity contribution is 8.00. The van der Waals surface area contributed by atoms with E-state index in [1.54, 1.807) is 12.1 Å². The van der Waals surface area contributed by atoms with Crippen LogP contribution in [-0.2, 0) is 4.79 Å². The van der Waals surface area contributed by atoms with Crippen LogP contribution in [0, 0.1) is 11.6 Å². The van der Waals surface area contributed by atoms with Crippen molar-refractivity contribution in [2.24, 2.45) is 0 Å². The minimum atomic E-state index is -0.655. The first kappa shape index (κ1) is 13.5. The standard InChI is InChI=1S/C14H11F2NOS/c15-10-6-7-13(12(16)8-10)19-9-14(18)17-11-4-2-1-3-5-11/h1-8H,9H2,(H,17,18). The third-order valence-corrected chi connectivity index (χ3v) is 3.36. The molecule has 0 atom stereocenters. The van der Waals surface area contributed by atoms with Gasteiger partial charge in [-0.3, -0.25) is 4.79 Å². The van der Waals surface area contributed by atoms with Crippen LogP contribution in [0.3, 0.4) is 0 Å². The van der Waals surface area contributed by atoms with Gasteiger partial charge >= 0.3 is 0 Å². The number of para-hydroxylation sites is 1. The lowest BCUT2D eigenvalue weighted by Crippen LogP contribution is -2.13. The molecule has 0 fully saturated rings. The maximum absolute atomic E-state index is 13.3. The second-order valence-corrected chi connectivity index (χ2v) is 4.79. The quantitative estimate of drug-likeness (QED) is 0.865. The molecule has 2 aromatic rings. The Bertz CT molecular complexity index is 575. The van der Waals surface area contributed by atoms with Crippen LogP contribution in [0.15, 0.2) is 53.4 Å². The summed E-state index contributed by atoms with van der Waals surface area (Å²) in [6, 6.07) is 12.3. The van der Waals surface area contributed by atoms with Crippen molar-refractivity contribution in [1.82, 2.24) is 0 Å². The molecule has 0 heterocycles. The molecule has 0 radical (unpaired) electrons. The molecule has 0 aliphatic carbocycles. The van der Waals surface area contributed by atoms with E-state index in [1.807, 2.05) is 18.2 Å². The summed E-state index contributed by atoms with van der Waals surface area (Å²) in [5.74, 6) is -1.45. The summed E-state index contributed by atoms with van der Waals surface area (Å²) in [6.07, 6.45) is 0. The molecule has 98 valence electrons. The molecule has 19 heavy (non-hydrogen) atoms. The van der Waals surface area contributed by atoms with E-state index in [-0.39, 0.29) is 16.6 Å². The Balaban J connectivity index is 1.90. The van der Waals surface area contributed by atoms with Crippen molar-refractivity contribution in [1.29, 1.82) is 0 Å². The lowest BCUT2D eigenvalue weighted by molar-refractivity contribution is -0.113. The lowest BCUT2D eigenvalue weighted by atomic mass is 10.3. The van der Waals surface area contributed by atoms with E-state index in [0.717, 1.165) is 17.8 Å². The largest absolute Gasteiger partial charge is 0.325 e. The average molecular weight is 279 g/mol. The third-order valence-electron chi connectivity index (χ3n) is 2.31. The van der Waals surface area contributed by atoms with E-state index in [4.69, 9.17) is 0 Å². The van der Waals surface area contributed by atoms with Gasteiger partial charge in [-0.15, -0.1) is 11.8 Å². The summed E-state index contributed by atoms with van der Waals surface area (Å²) >= 11 is 1.03. The molecule has 0 saturated heterocycles. The van der Waals surface area contributed by atoms with Crippen molar-refractivity contribution in [3.8, 4) is 0 Å². The maximum atomic E-state index is 13.3. The van der Waals surface area contributed by atoms with Gasteiger partial charge in [0.1, 0.15) is 11.6 Å². The van der Waals surface area contributed by atoms with Crippen molar-refractivity contribution in [2.75, 3.05) is 11.1 Å². The predicted octanol–water partition coefficient (Wildman–Crippen LogP) is 3.70. The second-order valence-electron chi connectivity index (χ2n) is 3.78. The first-order valence-corrected chi connectivity index (χ1v) is 6.56. The minimum absolute atomic E-state index is 0.0669. The van der Waals surface area contributed by atoms with Gasteiger partial charge in [0.05, 0.1) is 5.75 Å². The fourth-order valence-corrected chi connectivity index (χ4v) is 2.17. The van der Waals surface area contributed by atoms with Gasteiger partial charge in [0, 0.05) is 16.6 Å². The van der Waals surface area contributed by atoms with Gasteiger partial charge in [0.15, 0.2) is 0 Å². The number of amides is 1. The Kier molecular flexibility index (Phi) is 4.52. The monoisotopic (exact) mass is 279 g/mol. The van der Waals surface area contributed by atoms with Crippen LogP contribution in [0.4, 0.5) is 14.5 Å². The molecule has 2 nitrogen and oxygen atoms in total. The van der Waals surface area contributed by atoms with E-state index in [2.05, 4.69) is 5.32 Å². The van der Waals surface area contributed by atoms with Gasteiger partial charge in [-0.1, -0.05) is 18.2 Å². The van der Waals surface area contributed by atoms with Crippen LogP contribution in [0.2, 0.25) is 0 Å². The predicted molar refractivity (Wildman–Crippen MR) is 72.2 cm³/mol. The number of hydrogen-bond donors (Lipinski definition) is 1. The van der Waals surface area contributed by atoms with Gasteiger partial charge in [-0.2, -0.15) is 0 Å². The average Bonchev–Trinajstić information content (AvgIpc) is 2.39. The zero-order valence-electron chi connectivity index (χ0n) is 9.90. The molecule has 0 aliphatic heterocycles. The van der Waals surface area contributed by atoms with E-state index >= 15 is 0 Å². The smallest absolute Gasteiger partial charge is 0.234 e. The Hall–Kier alpha value is -1.88. The highest BCUT2D eigenvalue weighted by atomic mass is 32.2. The molecule has 0 unspecified atom stereocenters. The van der Waals surface area contributed by atoms with Crippen LogP contribution in [-0.4, -0.2) is 11.7 Å². The third kappa shape index (κ3) is 4.06. The number of anilines is 1. The summed E-state index contributed by atoms with van der Waals surface area (Å²) in [6.45, 7) is 0. The first-order chi connectivity index (χ1) is 9.15. The molecule has 1 N–H and O–H groups in total. The Labute approximate surface area is 113 Å². The number of halogens is 2. The van der Waals surface area contributed by atoms with Gasteiger partial charge in [0.2, 0.25) is 5.91 Å². The van der Waals surface area contributed by atoms with E-state index in [0.29, 0.717) is 5.69 Å². The van der Waals surface area contributed by atoms with Crippen molar-refractivity contribution in [3.63, 3.8) is 0 Å². The number of carbonyl (C=O) groups is 1. The summed E-state index contributed by atoms with van der Waals surface area (Å²) in [7, 11) is 0. The Morgan fingerprint density at radius 1 is 1.11 bits per heavy atom. The molecule has 1 amide bonds. The topological polar surface area (TPSA) is 29.1 Å². The fraction of sp³-hybridized carbons (Fsp3) is 0.0714. The van der Waals surface area contributed by atoms with Gasteiger partial charge < -0.3 is 5.32 Å².